The number of amides is 1. The Kier molecular flexibility index (Phi) is 4.01. The van der Waals surface area contributed by atoms with Crippen molar-refractivity contribution in [2.24, 2.45) is 0 Å². The molecule has 1 unspecified atom stereocenters. The van der Waals surface area contributed by atoms with E-state index in [4.69, 9.17) is 0 Å². The summed E-state index contributed by atoms with van der Waals surface area (Å²) < 4.78 is 2.04. The molecule has 1 atom stereocenters. The van der Waals surface area contributed by atoms with Gasteiger partial charge in [-0.05, 0) is 32.7 Å². The Bertz CT molecular complexity index is 407. The molecule has 5 heteroatoms. The second-order valence-corrected chi connectivity index (χ2v) is 4.89. The summed E-state index contributed by atoms with van der Waals surface area (Å²) in [7, 11) is 0. The monoisotopic (exact) mass is 250 g/mol. The predicted molar refractivity (Wildman–Crippen MR) is 70.2 cm³/mol. The van der Waals surface area contributed by atoms with Gasteiger partial charge in [0, 0.05) is 25.5 Å². The third-order valence-corrected chi connectivity index (χ3v) is 3.84. The lowest BCUT2D eigenvalue weighted by Gasteiger charge is -2.26. The summed E-state index contributed by atoms with van der Waals surface area (Å²) in [4.78, 5) is 16.4. The highest BCUT2D eigenvalue weighted by atomic mass is 16.2. The number of hydrogen-bond acceptors (Lipinski definition) is 3. The molecule has 5 nitrogen and oxygen atoms in total. The van der Waals surface area contributed by atoms with Gasteiger partial charge in [0.1, 0.15) is 5.82 Å². The second kappa shape index (κ2) is 5.52. The lowest BCUT2D eigenvalue weighted by molar-refractivity contribution is -0.127. The fourth-order valence-corrected chi connectivity index (χ4v) is 2.56. The van der Waals surface area contributed by atoms with Crippen molar-refractivity contribution in [3.8, 4) is 0 Å². The number of carbonyl (C=O) groups is 1. The first kappa shape index (κ1) is 13.1. The van der Waals surface area contributed by atoms with Crippen molar-refractivity contribution < 1.29 is 4.79 Å². The van der Waals surface area contributed by atoms with Gasteiger partial charge in [-0.25, -0.2) is 4.98 Å². The summed E-state index contributed by atoms with van der Waals surface area (Å²) in [5, 5.41) is 6.38. The molecule has 100 valence electrons. The number of nitrogens with one attached hydrogen (secondary N) is 2. The Hall–Kier alpha value is -1.36. The highest BCUT2D eigenvalue weighted by Gasteiger charge is 2.38. The summed E-state index contributed by atoms with van der Waals surface area (Å²) in [5.74, 6) is 1.12. The summed E-state index contributed by atoms with van der Waals surface area (Å²) in [6.07, 6.45) is 6.60. The minimum atomic E-state index is -0.329. The van der Waals surface area contributed by atoms with E-state index in [0.717, 1.165) is 38.2 Å². The van der Waals surface area contributed by atoms with Gasteiger partial charge in [-0.3, -0.25) is 4.79 Å². The highest BCUT2D eigenvalue weighted by molar-refractivity contribution is 5.86. The Labute approximate surface area is 108 Å². The molecular weight excluding hydrogens is 228 g/mol. The smallest absolute Gasteiger partial charge is 0.240 e. The molecule has 0 spiro atoms. The van der Waals surface area contributed by atoms with Crippen LogP contribution in [0, 0.1) is 6.92 Å². The summed E-state index contributed by atoms with van der Waals surface area (Å²) in [5.41, 5.74) is -0.329. The van der Waals surface area contributed by atoms with E-state index >= 15 is 0 Å². The van der Waals surface area contributed by atoms with E-state index in [9.17, 15) is 4.79 Å². The van der Waals surface area contributed by atoms with Crippen LogP contribution in [0.2, 0.25) is 0 Å². The molecule has 0 radical (unpaired) electrons. The molecule has 0 aliphatic carbocycles. The fraction of sp³-hybridized carbons (Fsp3) is 0.692. The molecule has 0 saturated carbocycles. The van der Waals surface area contributed by atoms with E-state index in [2.05, 4.69) is 22.5 Å². The van der Waals surface area contributed by atoms with Crippen molar-refractivity contribution in [1.82, 2.24) is 20.2 Å². The molecule has 1 aliphatic rings. The average molecular weight is 250 g/mol. The van der Waals surface area contributed by atoms with Gasteiger partial charge < -0.3 is 15.2 Å². The number of rotatable bonds is 5. The van der Waals surface area contributed by atoms with Crippen LogP contribution in [-0.2, 0) is 11.3 Å². The molecule has 1 aliphatic heterocycles. The van der Waals surface area contributed by atoms with Crippen LogP contribution < -0.4 is 10.6 Å². The maximum Gasteiger partial charge on any atom is 0.240 e. The Morgan fingerprint density at radius 1 is 1.67 bits per heavy atom. The number of nitrogens with zero attached hydrogens (tertiary/aromatic N) is 2. The van der Waals surface area contributed by atoms with Gasteiger partial charge in [0.25, 0.3) is 0 Å². The number of aromatic nitrogens is 2. The van der Waals surface area contributed by atoms with Crippen LogP contribution in [0.4, 0.5) is 0 Å². The third-order valence-electron chi connectivity index (χ3n) is 3.84. The van der Waals surface area contributed by atoms with Crippen LogP contribution in [0.25, 0.3) is 0 Å². The van der Waals surface area contributed by atoms with E-state index < -0.39 is 0 Å². The fourth-order valence-electron chi connectivity index (χ4n) is 2.56. The normalized spacial score (nSPS) is 23.2. The first-order chi connectivity index (χ1) is 8.68. The molecule has 2 rings (SSSR count). The van der Waals surface area contributed by atoms with E-state index in [0.29, 0.717) is 6.54 Å². The van der Waals surface area contributed by atoms with Crippen LogP contribution in [0.3, 0.4) is 0 Å². The molecule has 2 heterocycles. The maximum atomic E-state index is 12.2. The van der Waals surface area contributed by atoms with Crippen molar-refractivity contribution in [2.75, 3.05) is 13.1 Å². The quantitative estimate of drug-likeness (QED) is 0.814. The zero-order chi connectivity index (χ0) is 13.0. The lowest BCUT2D eigenvalue weighted by Crippen LogP contribution is -2.53. The Morgan fingerprint density at radius 2 is 2.50 bits per heavy atom. The van der Waals surface area contributed by atoms with Gasteiger partial charge in [-0.1, -0.05) is 6.92 Å². The SMILES string of the molecule is CCC1(C(=O)NCCn2ccnc2C)CCCN1. The van der Waals surface area contributed by atoms with Crippen LogP contribution in [0.1, 0.15) is 32.0 Å². The summed E-state index contributed by atoms with van der Waals surface area (Å²) in [6, 6.07) is 0. The van der Waals surface area contributed by atoms with Gasteiger partial charge in [-0.2, -0.15) is 0 Å². The number of aryl methyl sites for hydroxylation is 1. The predicted octanol–water partition coefficient (Wildman–Crippen LogP) is 0.840. The standard InChI is InChI=1S/C13H22N4O/c1-3-13(5-4-6-16-13)12(18)15-8-10-17-9-7-14-11(17)2/h7,9,16H,3-6,8,10H2,1-2H3,(H,15,18). The zero-order valence-corrected chi connectivity index (χ0v) is 11.2. The molecule has 1 fully saturated rings. The van der Waals surface area contributed by atoms with E-state index in [1.165, 1.54) is 0 Å². The maximum absolute atomic E-state index is 12.2. The molecule has 1 aromatic rings. The van der Waals surface area contributed by atoms with Crippen molar-refractivity contribution >= 4 is 5.91 Å². The van der Waals surface area contributed by atoms with Gasteiger partial charge in [-0.15, -0.1) is 0 Å². The van der Waals surface area contributed by atoms with Crippen LogP contribution >= 0.6 is 0 Å². The topological polar surface area (TPSA) is 59.0 Å². The van der Waals surface area contributed by atoms with Gasteiger partial charge in [0.05, 0.1) is 5.54 Å². The molecule has 18 heavy (non-hydrogen) atoms. The third kappa shape index (κ3) is 2.56. The van der Waals surface area contributed by atoms with Crippen LogP contribution in [-0.4, -0.2) is 34.1 Å². The van der Waals surface area contributed by atoms with Gasteiger partial charge in [0.2, 0.25) is 5.91 Å². The van der Waals surface area contributed by atoms with Crippen LogP contribution in [0.15, 0.2) is 12.4 Å². The molecule has 1 aromatic heterocycles. The minimum Gasteiger partial charge on any atom is -0.353 e. The molecule has 1 saturated heterocycles. The van der Waals surface area contributed by atoms with E-state index in [1.54, 1.807) is 6.20 Å². The number of hydrogen-bond donors (Lipinski definition) is 2. The Balaban J connectivity index is 1.83. The van der Waals surface area contributed by atoms with E-state index in [-0.39, 0.29) is 11.4 Å². The van der Waals surface area contributed by atoms with Crippen molar-refractivity contribution in [3.63, 3.8) is 0 Å². The molecule has 1 amide bonds. The van der Waals surface area contributed by atoms with E-state index in [1.807, 2.05) is 17.7 Å². The first-order valence-corrected chi connectivity index (χ1v) is 6.69. The van der Waals surface area contributed by atoms with Gasteiger partial charge in [0.15, 0.2) is 0 Å². The van der Waals surface area contributed by atoms with Crippen molar-refractivity contribution in [1.29, 1.82) is 0 Å². The summed E-state index contributed by atoms with van der Waals surface area (Å²) >= 11 is 0. The molecular formula is C13H22N4O. The molecule has 2 N–H and O–H groups in total. The number of imidazole rings is 1. The average Bonchev–Trinajstić information content (AvgIpc) is 2.99. The highest BCUT2D eigenvalue weighted by Crippen LogP contribution is 2.22. The first-order valence-electron chi connectivity index (χ1n) is 6.69. The van der Waals surface area contributed by atoms with Crippen LogP contribution in [0.5, 0.6) is 0 Å². The minimum absolute atomic E-state index is 0.139. The molecule has 0 bridgehead atoms. The zero-order valence-electron chi connectivity index (χ0n) is 11.2. The second-order valence-electron chi connectivity index (χ2n) is 4.89. The number of carbonyl (C=O) groups excluding carboxylic acids is 1. The largest absolute Gasteiger partial charge is 0.353 e. The van der Waals surface area contributed by atoms with Crippen molar-refractivity contribution in [2.45, 2.75) is 45.2 Å². The van der Waals surface area contributed by atoms with Gasteiger partial charge >= 0.3 is 0 Å². The summed E-state index contributed by atoms with van der Waals surface area (Å²) in [6.45, 7) is 6.41. The Morgan fingerprint density at radius 3 is 3.06 bits per heavy atom. The molecule has 0 aromatic carbocycles. The van der Waals surface area contributed by atoms with Crippen molar-refractivity contribution in [3.05, 3.63) is 18.2 Å². The lowest BCUT2D eigenvalue weighted by atomic mass is 9.93.